The van der Waals surface area contributed by atoms with Crippen LogP contribution < -0.4 is 9.62 Å². The number of hydrogen-bond donors (Lipinski definition) is 1. The highest BCUT2D eigenvalue weighted by atomic mass is 35.5. The van der Waals surface area contributed by atoms with E-state index in [0.717, 1.165) is 32.1 Å². The highest BCUT2D eigenvalue weighted by molar-refractivity contribution is 7.92. The van der Waals surface area contributed by atoms with Gasteiger partial charge in [-0.25, -0.2) is 13.4 Å². The van der Waals surface area contributed by atoms with Gasteiger partial charge in [0.25, 0.3) is 10.0 Å². The molecule has 0 spiro atoms. The van der Waals surface area contributed by atoms with Crippen LogP contribution in [0.1, 0.15) is 19.8 Å². The maximum atomic E-state index is 13.3. The minimum Gasteiger partial charge on any atom is -0.375 e. The van der Waals surface area contributed by atoms with Crippen LogP contribution >= 0.6 is 23.2 Å². The van der Waals surface area contributed by atoms with E-state index in [9.17, 15) is 12.8 Å². The molecule has 2 aliphatic rings. The predicted octanol–water partition coefficient (Wildman–Crippen LogP) is 4.27. The van der Waals surface area contributed by atoms with Crippen LogP contribution in [0.3, 0.4) is 0 Å². The number of nitrogens with one attached hydrogen (secondary N) is 1. The van der Waals surface area contributed by atoms with Crippen LogP contribution in [0.15, 0.2) is 35.2 Å². The van der Waals surface area contributed by atoms with E-state index in [1.165, 1.54) is 24.6 Å². The maximum absolute atomic E-state index is 13.3. The first kappa shape index (κ1) is 24.5. The first-order valence-corrected chi connectivity index (χ1v) is 13.0. The van der Waals surface area contributed by atoms with Crippen molar-refractivity contribution in [1.82, 2.24) is 9.88 Å². The normalized spacial score (nSPS) is 23.9. The Labute approximate surface area is 203 Å². The van der Waals surface area contributed by atoms with Gasteiger partial charge in [0.15, 0.2) is 0 Å². The van der Waals surface area contributed by atoms with E-state index in [-0.39, 0.29) is 26.4 Å². The lowest BCUT2D eigenvalue weighted by Gasteiger charge is -2.33. The molecule has 0 aliphatic carbocycles. The fourth-order valence-electron chi connectivity index (χ4n) is 4.61. The first-order valence-electron chi connectivity index (χ1n) is 10.8. The Morgan fingerprint density at radius 2 is 2.06 bits per heavy atom. The maximum Gasteiger partial charge on any atom is 0.264 e. The predicted molar refractivity (Wildman–Crippen MR) is 128 cm³/mol. The minimum atomic E-state index is -4.12. The van der Waals surface area contributed by atoms with E-state index in [1.54, 1.807) is 13.2 Å². The third-order valence-electron chi connectivity index (χ3n) is 6.35. The number of methoxy groups -OCH3 is 1. The lowest BCUT2D eigenvalue weighted by Crippen LogP contribution is -2.46. The number of aromatic nitrogens is 1. The van der Waals surface area contributed by atoms with E-state index in [1.807, 2.05) is 0 Å². The molecule has 180 valence electrons. The zero-order chi connectivity index (χ0) is 23.8. The Kier molecular flexibility index (Phi) is 7.08. The van der Waals surface area contributed by atoms with Crippen LogP contribution in [0, 0.1) is 11.9 Å². The number of rotatable bonds is 7. The molecule has 2 aromatic rings. The molecule has 0 radical (unpaired) electrons. The zero-order valence-corrected chi connectivity index (χ0v) is 20.9. The van der Waals surface area contributed by atoms with Crippen molar-refractivity contribution in [2.45, 2.75) is 30.3 Å². The van der Waals surface area contributed by atoms with Crippen molar-refractivity contribution in [3.8, 4) is 0 Å². The summed E-state index contributed by atoms with van der Waals surface area (Å²) in [5, 5.41) is 0.273. The van der Waals surface area contributed by atoms with Crippen molar-refractivity contribution >= 4 is 44.7 Å². The second kappa shape index (κ2) is 9.54. The van der Waals surface area contributed by atoms with Gasteiger partial charge in [-0.3, -0.25) is 4.72 Å². The van der Waals surface area contributed by atoms with Crippen LogP contribution in [-0.4, -0.2) is 63.7 Å². The highest BCUT2D eigenvalue weighted by Gasteiger charge is 2.41. The van der Waals surface area contributed by atoms with Crippen molar-refractivity contribution in [2.24, 2.45) is 5.92 Å². The number of nitrogens with zero attached hydrogens (tertiary/aromatic N) is 3. The Hall–Kier alpha value is -1.65. The van der Waals surface area contributed by atoms with E-state index < -0.39 is 16.0 Å². The van der Waals surface area contributed by atoms with Gasteiger partial charge in [-0.1, -0.05) is 36.2 Å². The summed E-state index contributed by atoms with van der Waals surface area (Å²) in [6.07, 6.45) is 2.02. The lowest BCUT2D eigenvalue weighted by atomic mass is 10.0. The minimum absolute atomic E-state index is 0.0154. The molecule has 1 N–H and O–H groups in total. The number of halogens is 3. The molecule has 11 heteroatoms. The third kappa shape index (κ3) is 5.38. The van der Waals surface area contributed by atoms with Crippen LogP contribution in [-0.2, 0) is 14.8 Å². The van der Waals surface area contributed by atoms with Gasteiger partial charge in [-0.15, -0.1) is 0 Å². The lowest BCUT2D eigenvalue weighted by molar-refractivity contribution is -0.0156. The van der Waals surface area contributed by atoms with Crippen molar-refractivity contribution in [2.75, 3.05) is 49.5 Å². The second-order valence-corrected chi connectivity index (χ2v) is 11.3. The molecule has 2 saturated heterocycles. The zero-order valence-electron chi connectivity index (χ0n) is 18.5. The summed E-state index contributed by atoms with van der Waals surface area (Å²) in [6.45, 7) is 6.58. The first-order chi connectivity index (χ1) is 15.6. The molecular formula is C22H27Cl2FN4O3S. The van der Waals surface area contributed by atoms with Crippen molar-refractivity contribution in [1.29, 1.82) is 0 Å². The molecule has 4 rings (SSSR count). The Balaban J connectivity index is 1.53. The fraction of sp³-hybridized carbons (Fsp3) is 0.500. The molecule has 3 heterocycles. The van der Waals surface area contributed by atoms with Crippen LogP contribution in [0.5, 0.6) is 0 Å². The number of likely N-dealkylation sites (tertiary alicyclic amines) is 1. The topological polar surface area (TPSA) is 74.8 Å². The highest BCUT2D eigenvalue weighted by Crippen LogP contribution is 2.39. The summed E-state index contributed by atoms with van der Waals surface area (Å²) >= 11 is 12.9. The van der Waals surface area contributed by atoms with E-state index in [2.05, 4.69) is 26.4 Å². The van der Waals surface area contributed by atoms with Gasteiger partial charge in [-0.05, 0) is 49.6 Å². The van der Waals surface area contributed by atoms with E-state index >= 15 is 0 Å². The number of hydrogen-bond acceptors (Lipinski definition) is 6. The van der Waals surface area contributed by atoms with Crippen LogP contribution in [0.25, 0.3) is 0 Å². The van der Waals surface area contributed by atoms with Crippen LogP contribution in [0.2, 0.25) is 10.0 Å². The third-order valence-corrected chi connectivity index (χ3v) is 8.48. The van der Waals surface area contributed by atoms with Crippen molar-refractivity contribution in [3.63, 3.8) is 0 Å². The van der Waals surface area contributed by atoms with Gasteiger partial charge >= 0.3 is 0 Å². The largest absolute Gasteiger partial charge is 0.375 e. The number of benzene rings is 1. The summed E-state index contributed by atoms with van der Waals surface area (Å²) in [5.74, 6) is -0.254. The molecule has 0 bridgehead atoms. The molecule has 0 saturated carbocycles. The van der Waals surface area contributed by atoms with Gasteiger partial charge < -0.3 is 14.5 Å². The molecule has 0 amide bonds. The van der Waals surface area contributed by atoms with E-state index in [0.29, 0.717) is 24.7 Å². The van der Waals surface area contributed by atoms with Crippen molar-refractivity contribution in [3.05, 3.63) is 46.3 Å². The van der Waals surface area contributed by atoms with Gasteiger partial charge in [0.2, 0.25) is 5.95 Å². The van der Waals surface area contributed by atoms with Crippen LogP contribution in [0.4, 0.5) is 15.9 Å². The molecule has 0 unspecified atom stereocenters. The van der Waals surface area contributed by atoms with E-state index in [4.69, 9.17) is 27.9 Å². The fourth-order valence-corrected chi connectivity index (χ4v) is 6.51. The standard InChI is InChI=1S/C22H27Cl2FN4O3S/c1-15-6-8-28(12-15)13-22(32-2)7-9-29(14-22)18-10-17(24)19(11-16(18)23)33(30,31)27-21-5-3-4-20(25)26-21/h3-5,10-11,15H,6-9,12-14H2,1-2H3,(H,26,27)/t15-,22+/m0/s1. The summed E-state index contributed by atoms with van der Waals surface area (Å²) in [4.78, 5) is 7.84. The average Bonchev–Trinajstić information content (AvgIpc) is 3.35. The number of anilines is 2. The quantitative estimate of drug-likeness (QED) is 0.554. The van der Waals surface area contributed by atoms with Gasteiger partial charge in [0.05, 0.1) is 21.3 Å². The summed E-state index contributed by atoms with van der Waals surface area (Å²) in [7, 11) is -2.38. The number of pyridine rings is 1. The van der Waals surface area contributed by atoms with Gasteiger partial charge in [-0.2, -0.15) is 4.39 Å². The molecule has 1 aromatic heterocycles. The van der Waals surface area contributed by atoms with Gasteiger partial charge in [0, 0.05) is 33.3 Å². The monoisotopic (exact) mass is 516 g/mol. The summed E-state index contributed by atoms with van der Waals surface area (Å²) in [6, 6.07) is 6.70. The van der Waals surface area contributed by atoms with Crippen molar-refractivity contribution < 1.29 is 17.5 Å². The molecule has 1 aromatic carbocycles. The second-order valence-electron chi connectivity index (χ2n) is 8.87. The molecular weight excluding hydrogens is 490 g/mol. The number of sulfonamides is 1. The molecule has 2 fully saturated rings. The average molecular weight is 517 g/mol. The Bertz CT molecular complexity index is 1140. The summed E-state index contributed by atoms with van der Waals surface area (Å²) in [5.41, 5.74) is 0.327. The molecule has 2 atom stereocenters. The molecule has 33 heavy (non-hydrogen) atoms. The molecule has 2 aliphatic heterocycles. The molecule has 7 nitrogen and oxygen atoms in total. The summed E-state index contributed by atoms with van der Waals surface area (Å²) < 4.78 is 47.2. The smallest absolute Gasteiger partial charge is 0.264 e. The Morgan fingerprint density at radius 3 is 2.73 bits per heavy atom. The van der Waals surface area contributed by atoms with Gasteiger partial charge in [0.1, 0.15) is 10.7 Å². The Morgan fingerprint density at radius 1 is 1.27 bits per heavy atom. The number of ether oxygens (including phenoxy) is 1. The SMILES string of the molecule is CO[C@@]1(CN2CC[C@H](C)C2)CCN(c2cc(Cl)c(S(=O)(=O)Nc3cccc(F)n3)cc2Cl)C1.